The van der Waals surface area contributed by atoms with Gasteiger partial charge in [0, 0.05) is 24.8 Å². The van der Waals surface area contributed by atoms with Crippen molar-refractivity contribution in [3.8, 4) is 0 Å². The summed E-state index contributed by atoms with van der Waals surface area (Å²) in [5, 5.41) is 7.24. The molecule has 0 bridgehead atoms. The van der Waals surface area contributed by atoms with Crippen LogP contribution in [-0.4, -0.2) is 25.1 Å². The van der Waals surface area contributed by atoms with E-state index in [4.69, 9.17) is 4.42 Å². The fourth-order valence-electron chi connectivity index (χ4n) is 3.19. The molecule has 0 unspecified atom stereocenters. The third-order valence-corrected chi connectivity index (χ3v) is 4.49. The van der Waals surface area contributed by atoms with Gasteiger partial charge in [0.2, 0.25) is 5.91 Å². The average Bonchev–Trinajstić information content (AvgIpc) is 3.26. The van der Waals surface area contributed by atoms with Gasteiger partial charge in [-0.2, -0.15) is 5.10 Å². The predicted molar refractivity (Wildman–Crippen MR) is 99.4 cm³/mol. The summed E-state index contributed by atoms with van der Waals surface area (Å²) in [5.74, 6) is 0.385. The van der Waals surface area contributed by atoms with E-state index in [1.807, 2.05) is 32.0 Å². The molecule has 0 aromatic carbocycles. The van der Waals surface area contributed by atoms with Crippen LogP contribution in [0, 0.1) is 0 Å². The number of carbonyl (C=O) groups excluding carboxylic acids is 1. The Morgan fingerprint density at radius 3 is 2.89 bits per heavy atom. The van der Waals surface area contributed by atoms with Crippen molar-refractivity contribution in [2.24, 2.45) is 0 Å². The summed E-state index contributed by atoms with van der Waals surface area (Å²) < 4.78 is 8.38. The van der Waals surface area contributed by atoms with E-state index in [1.165, 1.54) is 4.68 Å². The second-order valence-corrected chi connectivity index (χ2v) is 6.31. The fourth-order valence-corrected chi connectivity index (χ4v) is 3.19. The zero-order valence-electron chi connectivity index (χ0n) is 15.0. The first-order chi connectivity index (χ1) is 13.1. The molecule has 0 fully saturated rings. The third-order valence-electron chi connectivity index (χ3n) is 4.49. The molecule has 4 aromatic heterocycles. The number of amides is 1. The summed E-state index contributed by atoms with van der Waals surface area (Å²) >= 11 is 0. The Bertz CT molecular complexity index is 1170. The number of aromatic nitrogens is 4. The van der Waals surface area contributed by atoms with E-state index in [1.54, 1.807) is 29.0 Å². The highest BCUT2D eigenvalue weighted by molar-refractivity contribution is 5.82. The zero-order chi connectivity index (χ0) is 19.0. The Hall–Kier alpha value is -3.42. The smallest absolute Gasteiger partial charge is 0.291 e. The standard InChI is InChI=1S/C19H19N5O3/c1-3-17-22-23(11-18(25)21-12(2)13-6-4-5-8-20-13)19(26)15-10-16-14(24(15)17)7-9-27-16/h4-10,12H,3,11H2,1-2H3,(H,21,25)/t12-/m0/s1. The number of nitrogens with one attached hydrogen (secondary N) is 1. The van der Waals surface area contributed by atoms with Crippen LogP contribution in [0.5, 0.6) is 0 Å². The summed E-state index contributed by atoms with van der Waals surface area (Å²) in [7, 11) is 0. The molecule has 0 aliphatic carbocycles. The minimum atomic E-state index is -0.334. The topological polar surface area (TPSA) is 94.4 Å². The lowest BCUT2D eigenvalue weighted by Gasteiger charge is -2.14. The van der Waals surface area contributed by atoms with Crippen LogP contribution in [0.4, 0.5) is 0 Å². The Morgan fingerprint density at radius 1 is 1.30 bits per heavy atom. The van der Waals surface area contributed by atoms with E-state index < -0.39 is 0 Å². The van der Waals surface area contributed by atoms with Gasteiger partial charge < -0.3 is 9.73 Å². The first-order valence-corrected chi connectivity index (χ1v) is 8.77. The fraction of sp³-hybridized carbons (Fsp3) is 0.263. The lowest BCUT2D eigenvalue weighted by Crippen LogP contribution is -2.36. The Kier molecular flexibility index (Phi) is 4.23. The summed E-state index contributed by atoms with van der Waals surface area (Å²) in [5.41, 5.74) is 2.28. The van der Waals surface area contributed by atoms with Gasteiger partial charge in [0.05, 0.1) is 23.5 Å². The number of pyridine rings is 1. The second kappa shape index (κ2) is 6.71. The molecule has 0 aliphatic rings. The molecule has 4 heterocycles. The van der Waals surface area contributed by atoms with Crippen molar-refractivity contribution >= 4 is 22.5 Å². The van der Waals surface area contributed by atoms with Gasteiger partial charge in [0.25, 0.3) is 5.56 Å². The number of nitrogens with zero attached hydrogens (tertiary/aromatic N) is 4. The van der Waals surface area contributed by atoms with E-state index in [9.17, 15) is 9.59 Å². The number of hydrogen-bond donors (Lipinski definition) is 1. The Labute approximate surface area is 154 Å². The lowest BCUT2D eigenvalue weighted by molar-refractivity contribution is -0.122. The van der Waals surface area contributed by atoms with Crippen molar-refractivity contribution in [3.05, 3.63) is 64.7 Å². The summed E-state index contributed by atoms with van der Waals surface area (Å²) in [6.07, 6.45) is 3.86. The maximum atomic E-state index is 12.8. The number of rotatable bonds is 5. The highest BCUT2D eigenvalue weighted by Gasteiger charge is 2.17. The molecule has 0 saturated heterocycles. The largest absolute Gasteiger partial charge is 0.463 e. The molecule has 8 nitrogen and oxygen atoms in total. The molecule has 0 aliphatic heterocycles. The molecule has 8 heteroatoms. The van der Waals surface area contributed by atoms with E-state index in [0.29, 0.717) is 23.3 Å². The number of aryl methyl sites for hydroxylation is 1. The van der Waals surface area contributed by atoms with Crippen LogP contribution in [0.3, 0.4) is 0 Å². The molecular weight excluding hydrogens is 346 g/mol. The van der Waals surface area contributed by atoms with Crippen molar-refractivity contribution in [1.29, 1.82) is 0 Å². The minimum absolute atomic E-state index is 0.161. The quantitative estimate of drug-likeness (QED) is 0.584. The van der Waals surface area contributed by atoms with Crippen molar-refractivity contribution in [3.63, 3.8) is 0 Å². The number of fused-ring (bicyclic) bond motifs is 3. The summed E-state index contributed by atoms with van der Waals surface area (Å²) in [6.45, 7) is 3.64. The van der Waals surface area contributed by atoms with Gasteiger partial charge >= 0.3 is 0 Å². The average molecular weight is 365 g/mol. The molecule has 138 valence electrons. The zero-order valence-corrected chi connectivity index (χ0v) is 15.0. The van der Waals surface area contributed by atoms with Crippen LogP contribution in [0.1, 0.15) is 31.4 Å². The van der Waals surface area contributed by atoms with Gasteiger partial charge in [-0.1, -0.05) is 13.0 Å². The maximum absolute atomic E-state index is 12.8. The molecular formula is C19H19N5O3. The number of furan rings is 1. The van der Waals surface area contributed by atoms with Gasteiger partial charge in [0.1, 0.15) is 17.9 Å². The highest BCUT2D eigenvalue weighted by Crippen LogP contribution is 2.20. The van der Waals surface area contributed by atoms with Gasteiger partial charge in [0.15, 0.2) is 5.58 Å². The molecule has 1 atom stereocenters. The van der Waals surface area contributed by atoms with Crippen LogP contribution >= 0.6 is 0 Å². The van der Waals surface area contributed by atoms with Gasteiger partial charge in [-0.25, -0.2) is 4.68 Å². The minimum Gasteiger partial charge on any atom is -0.463 e. The molecule has 1 amide bonds. The molecule has 27 heavy (non-hydrogen) atoms. The molecule has 0 saturated carbocycles. The van der Waals surface area contributed by atoms with Crippen molar-refractivity contribution in [2.75, 3.05) is 0 Å². The van der Waals surface area contributed by atoms with Crippen LogP contribution < -0.4 is 10.9 Å². The third kappa shape index (κ3) is 2.99. The van der Waals surface area contributed by atoms with Crippen LogP contribution in [0.15, 0.2) is 52.0 Å². The lowest BCUT2D eigenvalue weighted by atomic mass is 10.2. The highest BCUT2D eigenvalue weighted by atomic mass is 16.3. The van der Waals surface area contributed by atoms with Crippen molar-refractivity contribution < 1.29 is 9.21 Å². The van der Waals surface area contributed by atoms with Crippen molar-refractivity contribution in [2.45, 2.75) is 32.9 Å². The van der Waals surface area contributed by atoms with Crippen LogP contribution in [0.25, 0.3) is 16.6 Å². The Morgan fingerprint density at radius 2 is 2.15 bits per heavy atom. The normalized spacial score (nSPS) is 12.5. The van der Waals surface area contributed by atoms with Crippen LogP contribution in [-0.2, 0) is 17.8 Å². The molecule has 0 radical (unpaired) electrons. The molecule has 4 aromatic rings. The van der Waals surface area contributed by atoms with E-state index in [-0.39, 0.29) is 24.1 Å². The van der Waals surface area contributed by atoms with Crippen molar-refractivity contribution in [1.82, 2.24) is 24.5 Å². The number of hydrogen-bond acceptors (Lipinski definition) is 5. The molecule has 4 rings (SSSR count). The van der Waals surface area contributed by atoms with E-state index in [2.05, 4.69) is 15.4 Å². The maximum Gasteiger partial charge on any atom is 0.291 e. The van der Waals surface area contributed by atoms with Gasteiger partial charge in [-0.05, 0) is 19.1 Å². The predicted octanol–water partition coefficient (Wildman–Crippen LogP) is 2.08. The number of carbonyl (C=O) groups is 1. The molecule has 0 spiro atoms. The molecule has 1 N–H and O–H groups in total. The summed E-state index contributed by atoms with van der Waals surface area (Å²) in [6, 6.07) is 8.74. The van der Waals surface area contributed by atoms with Gasteiger partial charge in [-0.15, -0.1) is 0 Å². The van der Waals surface area contributed by atoms with E-state index >= 15 is 0 Å². The van der Waals surface area contributed by atoms with Gasteiger partial charge in [-0.3, -0.25) is 19.0 Å². The SMILES string of the molecule is CCc1nn(CC(=O)N[C@@H](C)c2ccccn2)c(=O)c2cc3occc3n12. The first kappa shape index (κ1) is 17.0. The second-order valence-electron chi connectivity index (χ2n) is 6.31. The monoisotopic (exact) mass is 365 g/mol. The Balaban J connectivity index is 1.64. The first-order valence-electron chi connectivity index (χ1n) is 8.77. The van der Waals surface area contributed by atoms with Crippen LogP contribution in [0.2, 0.25) is 0 Å². The van der Waals surface area contributed by atoms with E-state index in [0.717, 1.165) is 11.2 Å². The summed E-state index contributed by atoms with van der Waals surface area (Å²) in [4.78, 5) is 29.5.